The van der Waals surface area contributed by atoms with E-state index in [2.05, 4.69) is 0 Å². The van der Waals surface area contributed by atoms with E-state index in [0.29, 0.717) is 29.5 Å². The summed E-state index contributed by atoms with van der Waals surface area (Å²) in [6.45, 7) is 2.29. The number of fused-ring (bicyclic) bond motifs is 1. The van der Waals surface area contributed by atoms with Gasteiger partial charge in [0.2, 0.25) is 10.0 Å². The highest BCUT2D eigenvalue weighted by molar-refractivity contribution is 7.89. The van der Waals surface area contributed by atoms with Crippen LogP contribution in [0.25, 0.3) is 0 Å². The number of aryl methyl sites for hydroxylation is 1. The Morgan fingerprint density at radius 1 is 0.935 bits per heavy atom. The first-order chi connectivity index (χ1) is 14.8. The highest BCUT2D eigenvalue weighted by atomic mass is 35.5. The average Bonchev–Trinajstić information content (AvgIpc) is 2.78. The lowest BCUT2D eigenvalue weighted by atomic mass is 9.89. The molecule has 4 rings (SSSR count). The van der Waals surface area contributed by atoms with E-state index in [4.69, 9.17) is 21.1 Å². The molecule has 3 aromatic rings. The van der Waals surface area contributed by atoms with Crippen LogP contribution >= 0.6 is 11.6 Å². The molecule has 0 radical (unpaired) electrons. The molecule has 0 aromatic heterocycles. The van der Waals surface area contributed by atoms with E-state index < -0.39 is 16.1 Å². The Morgan fingerprint density at radius 2 is 1.55 bits per heavy atom. The minimum absolute atomic E-state index is 0.279. The molecule has 1 heterocycles. The molecular weight excluding hydrogens is 434 g/mol. The maximum Gasteiger partial charge on any atom is 0.243 e. The van der Waals surface area contributed by atoms with Crippen molar-refractivity contribution in [2.24, 2.45) is 0 Å². The third-order valence-electron chi connectivity index (χ3n) is 5.64. The standard InChI is InChI=1S/C24H24ClNO4S/c1-16-4-10-20(11-5-16)31(27,28)26-13-12-18-14-22(29-2)23(30-3)15-21(18)24(26)17-6-8-19(25)9-7-17/h4-11,14-15,24H,12-13H2,1-3H3. The van der Waals surface area contributed by atoms with Gasteiger partial charge in [-0.3, -0.25) is 0 Å². The van der Waals surface area contributed by atoms with E-state index in [1.54, 1.807) is 42.8 Å². The van der Waals surface area contributed by atoms with Crippen LogP contribution in [0.1, 0.15) is 28.3 Å². The number of rotatable bonds is 5. The lowest BCUT2D eigenvalue weighted by Crippen LogP contribution is -2.40. The van der Waals surface area contributed by atoms with Gasteiger partial charge in [-0.15, -0.1) is 0 Å². The van der Waals surface area contributed by atoms with Crippen molar-refractivity contribution in [3.05, 3.63) is 87.9 Å². The maximum atomic E-state index is 13.7. The van der Waals surface area contributed by atoms with Gasteiger partial charge in [-0.1, -0.05) is 41.4 Å². The van der Waals surface area contributed by atoms with E-state index in [-0.39, 0.29) is 4.90 Å². The van der Waals surface area contributed by atoms with Crippen molar-refractivity contribution in [1.82, 2.24) is 4.31 Å². The number of hydrogen-bond acceptors (Lipinski definition) is 4. The van der Waals surface area contributed by atoms with Crippen molar-refractivity contribution in [3.8, 4) is 11.5 Å². The zero-order valence-corrected chi connectivity index (χ0v) is 19.2. The van der Waals surface area contributed by atoms with Crippen molar-refractivity contribution >= 4 is 21.6 Å². The van der Waals surface area contributed by atoms with Crippen LogP contribution in [0.15, 0.2) is 65.6 Å². The van der Waals surface area contributed by atoms with Crippen LogP contribution in [0.5, 0.6) is 11.5 Å². The van der Waals surface area contributed by atoms with Gasteiger partial charge in [0.05, 0.1) is 25.2 Å². The fraction of sp³-hybridized carbons (Fsp3) is 0.250. The third-order valence-corrected chi connectivity index (χ3v) is 7.77. The molecule has 0 saturated heterocycles. The number of nitrogens with zero attached hydrogens (tertiary/aromatic N) is 1. The molecule has 0 bridgehead atoms. The molecule has 0 aliphatic carbocycles. The van der Waals surface area contributed by atoms with Gasteiger partial charge in [-0.2, -0.15) is 4.31 Å². The topological polar surface area (TPSA) is 55.8 Å². The summed E-state index contributed by atoms with van der Waals surface area (Å²) in [6, 6.07) is 17.6. The van der Waals surface area contributed by atoms with Crippen molar-refractivity contribution in [2.75, 3.05) is 20.8 Å². The average molecular weight is 458 g/mol. The number of halogens is 1. The molecule has 162 valence electrons. The summed E-state index contributed by atoms with van der Waals surface area (Å²) in [7, 11) is -0.566. The number of sulfonamides is 1. The monoisotopic (exact) mass is 457 g/mol. The van der Waals surface area contributed by atoms with E-state index in [1.807, 2.05) is 43.3 Å². The smallest absolute Gasteiger partial charge is 0.243 e. The molecule has 0 saturated carbocycles. The summed E-state index contributed by atoms with van der Waals surface area (Å²) in [5.41, 5.74) is 3.76. The molecule has 3 aromatic carbocycles. The van der Waals surface area contributed by atoms with Crippen molar-refractivity contribution < 1.29 is 17.9 Å². The van der Waals surface area contributed by atoms with Crippen molar-refractivity contribution in [2.45, 2.75) is 24.3 Å². The molecular formula is C24H24ClNO4S. The predicted octanol–water partition coefficient (Wildman–Crippen LogP) is 5.00. The molecule has 0 fully saturated rings. The minimum atomic E-state index is -3.74. The van der Waals surface area contributed by atoms with E-state index in [0.717, 1.165) is 22.3 Å². The molecule has 5 nitrogen and oxygen atoms in total. The second-order valence-corrected chi connectivity index (χ2v) is 9.87. The first kappa shape index (κ1) is 21.7. The second kappa shape index (κ2) is 8.54. The van der Waals surface area contributed by atoms with Gasteiger partial charge in [0, 0.05) is 11.6 Å². The largest absolute Gasteiger partial charge is 0.493 e. The molecule has 1 unspecified atom stereocenters. The van der Waals surface area contributed by atoms with Crippen LogP contribution in [-0.4, -0.2) is 33.5 Å². The summed E-state index contributed by atoms with van der Waals surface area (Å²) in [4.78, 5) is 0.279. The zero-order chi connectivity index (χ0) is 22.2. The lowest BCUT2D eigenvalue weighted by Gasteiger charge is -2.37. The van der Waals surface area contributed by atoms with Crippen LogP contribution in [0.4, 0.5) is 0 Å². The fourth-order valence-electron chi connectivity index (χ4n) is 4.02. The van der Waals surface area contributed by atoms with Crippen LogP contribution in [0.3, 0.4) is 0 Å². The van der Waals surface area contributed by atoms with E-state index in [1.165, 1.54) is 0 Å². The molecule has 7 heteroatoms. The Bertz CT molecular complexity index is 1190. The van der Waals surface area contributed by atoms with Crippen LogP contribution < -0.4 is 9.47 Å². The van der Waals surface area contributed by atoms with Gasteiger partial charge in [0.15, 0.2) is 11.5 Å². The minimum Gasteiger partial charge on any atom is -0.493 e. The van der Waals surface area contributed by atoms with Gasteiger partial charge in [0.1, 0.15) is 0 Å². The number of hydrogen-bond donors (Lipinski definition) is 0. The quantitative estimate of drug-likeness (QED) is 0.541. The summed E-state index contributed by atoms with van der Waals surface area (Å²) >= 11 is 6.11. The van der Waals surface area contributed by atoms with Gasteiger partial charge in [-0.05, 0) is 66.4 Å². The van der Waals surface area contributed by atoms with Gasteiger partial charge >= 0.3 is 0 Å². The Morgan fingerprint density at radius 3 is 2.16 bits per heavy atom. The third kappa shape index (κ3) is 4.03. The van der Waals surface area contributed by atoms with Crippen molar-refractivity contribution in [1.29, 1.82) is 0 Å². The summed E-state index contributed by atoms with van der Waals surface area (Å²) in [5, 5.41) is 0.597. The zero-order valence-electron chi connectivity index (χ0n) is 17.6. The molecule has 0 amide bonds. The molecule has 0 spiro atoms. The highest BCUT2D eigenvalue weighted by Gasteiger charge is 2.38. The number of benzene rings is 3. The Kier molecular flexibility index (Phi) is 5.97. The summed E-state index contributed by atoms with van der Waals surface area (Å²) in [5.74, 6) is 1.20. The first-order valence-electron chi connectivity index (χ1n) is 9.94. The summed E-state index contributed by atoms with van der Waals surface area (Å²) < 4.78 is 39.9. The predicted molar refractivity (Wildman–Crippen MR) is 122 cm³/mol. The van der Waals surface area contributed by atoms with Crippen LogP contribution in [-0.2, 0) is 16.4 Å². The van der Waals surface area contributed by atoms with Gasteiger partial charge < -0.3 is 9.47 Å². The SMILES string of the molecule is COc1cc2c(cc1OC)C(c1ccc(Cl)cc1)N(S(=O)(=O)c1ccc(C)cc1)CC2. The van der Waals surface area contributed by atoms with Gasteiger partial charge in [-0.25, -0.2) is 8.42 Å². The molecule has 1 aliphatic rings. The fourth-order valence-corrected chi connectivity index (χ4v) is 5.74. The van der Waals surface area contributed by atoms with Crippen molar-refractivity contribution in [3.63, 3.8) is 0 Å². The summed E-state index contributed by atoms with van der Waals surface area (Å²) in [6.07, 6.45) is 0.574. The van der Waals surface area contributed by atoms with Gasteiger partial charge in [0.25, 0.3) is 0 Å². The molecule has 0 N–H and O–H groups in total. The number of methoxy groups -OCH3 is 2. The Balaban J connectivity index is 1.90. The maximum absolute atomic E-state index is 13.7. The molecule has 1 atom stereocenters. The Labute approximate surface area is 188 Å². The molecule has 31 heavy (non-hydrogen) atoms. The second-order valence-electron chi connectivity index (χ2n) is 7.54. The van der Waals surface area contributed by atoms with E-state index >= 15 is 0 Å². The lowest BCUT2D eigenvalue weighted by molar-refractivity contribution is 0.332. The van der Waals surface area contributed by atoms with Crippen LogP contribution in [0.2, 0.25) is 5.02 Å². The highest BCUT2D eigenvalue weighted by Crippen LogP contribution is 2.43. The normalized spacial score (nSPS) is 16.6. The molecule has 1 aliphatic heterocycles. The van der Waals surface area contributed by atoms with Crippen LogP contribution in [0, 0.1) is 6.92 Å². The first-order valence-corrected chi connectivity index (χ1v) is 11.8. The number of ether oxygens (including phenoxy) is 2. The Hall–Kier alpha value is -2.54. The van der Waals surface area contributed by atoms with E-state index in [9.17, 15) is 8.42 Å².